The van der Waals surface area contributed by atoms with E-state index in [0.29, 0.717) is 19.3 Å². The Bertz CT molecular complexity index is 754. The van der Waals surface area contributed by atoms with Crippen LogP contribution in [0.3, 0.4) is 0 Å². The lowest BCUT2D eigenvalue weighted by Gasteiger charge is -2.27. The number of hydrogen-bond donors (Lipinski definition) is 7. The largest absolute Gasteiger partial charge is 0.480 e. The van der Waals surface area contributed by atoms with Crippen LogP contribution in [0, 0.1) is 0 Å². The molecule has 0 aromatic carbocycles. The predicted octanol–water partition coefficient (Wildman–Crippen LogP) is -3.69. The Hall–Kier alpha value is -3.42. The standard InChI is InChI=1S/C18H32N8O6/c1-9(16(30)26-7-3-5-12(26)17(31)32)24-15(29)11(4-2-6-23-18(21)22)25-14(28)10(19)8-13(20)27/h9-12H,2-8,19H2,1H3,(H2,20,27)(H,24,29)(H,25,28)(H,31,32)(H4,21,22,23). The van der Waals surface area contributed by atoms with E-state index in [2.05, 4.69) is 15.6 Å². The van der Waals surface area contributed by atoms with E-state index in [0.717, 1.165) is 0 Å². The summed E-state index contributed by atoms with van der Waals surface area (Å²) >= 11 is 0. The monoisotopic (exact) mass is 456 g/mol. The molecule has 0 bridgehead atoms. The van der Waals surface area contributed by atoms with Crippen LogP contribution in [0.5, 0.6) is 0 Å². The zero-order valence-electron chi connectivity index (χ0n) is 18.0. The maximum Gasteiger partial charge on any atom is 0.326 e. The van der Waals surface area contributed by atoms with Gasteiger partial charge in [0, 0.05) is 13.1 Å². The number of guanidine groups is 1. The summed E-state index contributed by atoms with van der Waals surface area (Å²) in [4.78, 5) is 65.0. The van der Waals surface area contributed by atoms with Gasteiger partial charge in [-0.2, -0.15) is 0 Å². The van der Waals surface area contributed by atoms with Gasteiger partial charge in [-0.25, -0.2) is 4.79 Å². The predicted molar refractivity (Wildman–Crippen MR) is 114 cm³/mol. The molecule has 1 aliphatic rings. The van der Waals surface area contributed by atoms with Crippen molar-refractivity contribution in [2.24, 2.45) is 27.9 Å². The summed E-state index contributed by atoms with van der Waals surface area (Å²) < 4.78 is 0. The van der Waals surface area contributed by atoms with Gasteiger partial charge in [-0.05, 0) is 32.6 Å². The SMILES string of the molecule is CC(NC(=O)C(CCCN=C(N)N)NC(=O)C(N)CC(N)=O)C(=O)N1CCCC1C(=O)O. The van der Waals surface area contributed by atoms with Crippen LogP contribution in [0.1, 0.15) is 39.0 Å². The fourth-order valence-electron chi connectivity index (χ4n) is 3.27. The van der Waals surface area contributed by atoms with E-state index in [4.69, 9.17) is 22.9 Å². The molecule has 1 fully saturated rings. The lowest BCUT2D eigenvalue weighted by Crippen LogP contribution is -2.56. The molecule has 32 heavy (non-hydrogen) atoms. The molecule has 11 N–H and O–H groups in total. The van der Waals surface area contributed by atoms with Gasteiger partial charge in [0.15, 0.2) is 5.96 Å². The van der Waals surface area contributed by atoms with E-state index in [-0.39, 0.29) is 25.5 Å². The zero-order valence-corrected chi connectivity index (χ0v) is 18.0. The Labute approximate surface area is 185 Å². The van der Waals surface area contributed by atoms with Crippen molar-refractivity contribution in [2.75, 3.05) is 13.1 Å². The number of hydrogen-bond acceptors (Lipinski definition) is 7. The van der Waals surface area contributed by atoms with Crippen LogP contribution < -0.4 is 33.6 Å². The van der Waals surface area contributed by atoms with E-state index >= 15 is 0 Å². The number of carboxylic acid groups (broad SMARTS) is 1. The molecule has 4 atom stereocenters. The number of carboxylic acids is 1. The van der Waals surface area contributed by atoms with Crippen molar-refractivity contribution < 1.29 is 29.1 Å². The van der Waals surface area contributed by atoms with Gasteiger partial charge in [-0.3, -0.25) is 24.2 Å². The van der Waals surface area contributed by atoms with Crippen LogP contribution in [-0.4, -0.2) is 82.8 Å². The number of likely N-dealkylation sites (tertiary alicyclic amines) is 1. The Morgan fingerprint density at radius 2 is 1.78 bits per heavy atom. The van der Waals surface area contributed by atoms with Gasteiger partial charge in [-0.15, -0.1) is 0 Å². The van der Waals surface area contributed by atoms with Gasteiger partial charge < -0.3 is 43.6 Å². The minimum absolute atomic E-state index is 0.111. The van der Waals surface area contributed by atoms with Crippen LogP contribution in [-0.2, 0) is 24.0 Å². The molecule has 4 amide bonds. The lowest BCUT2D eigenvalue weighted by atomic mass is 10.1. The second-order valence-electron chi connectivity index (χ2n) is 7.55. The van der Waals surface area contributed by atoms with E-state index in [9.17, 15) is 29.1 Å². The van der Waals surface area contributed by atoms with Crippen LogP contribution in [0.15, 0.2) is 4.99 Å². The number of nitrogens with two attached hydrogens (primary N) is 4. The second kappa shape index (κ2) is 12.4. The first kappa shape index (κ1) is 26.6. The maximum absolute atomic E-state index is 12.8. The van der Waals surface area contributed by atoms with Gasteiger partial charge in [0.1, 0.15) is 18.1 Å². The molecular formula is C18H32N8O6. The van der Waals surface area contributed by atoms with Gasteiger partial charge >= 0.3 is 5.97 Å². The van der Waals surface area contributed by atoms with Gasteiger partial charge in [0.25, 0.3) is 0 Å². The van der Waals surface area contributed by atoms with Crippen LogP contribution in [0.2, 0.25) is 0 Å². The molecule has 1 rings (SSSR count). The zero-order chi connectivity index (χ0) is 24.4. The highest BCUT2D eigenvalue weighted by Gasteiger charge is 2.37. The Kier molecular flexibility index (Phi) is 10.3. The third-order valence-electron chi connectivity index (χ3n) is 4.89. The minimum atomic E-state index is -1.25. The molecule has 1 aliphatic heterocycles. The Morgan fingerprint density at radius 3 is 2.34 bits per heavy atom. The molecule has 1 saturated heterocycles. The Morgan fingerprint density at radius 1 is 1.12 bits per heavy atom. The summed E-state index contributed by atoms with van der Waals surface area (Å²) in [6, 6.07) is -4.32. The topological polar surface area (TPSA) is 249 Å². The summed E-state index contributed by atoms with van der Waals surface area (Å²) in [6.07, 6.45) is 0.902. The molecule has 0 aliphatic carbocycles. The molecule has 0 radical (unpaired) electrons. The van der Waals surface area contributed by atoms with E-state index in [1.165, 1.54) is 11.8 Å². The first-order valence-electron chi connectivity index (χ1n) is 10.2. The fraction of sp³-hybridized carbons (Fsp3) is 0.667. The smallest absolute Gasteiger partial charge is 0.326 e. The molecule has 0 aromatic rings. The number of aliphatic imine (C=N–C) groups is 1. The van der Waals surface area contributed by atoms with Crippen molar-refractivity contribution in [2.45, 2.75) is 63.2 Å². The van der Waals surface area contributed by atoms with Crippen molar-refractivity contribution in [3.05, 3.63) is 0 Å². The lowest BCUT2D eigenvalue weighted by molar-refractivity contribution is -0.149. The first-order valence-corrected chi connectivity index (χ1v) is 10.2. The minimum Gasteiger partial charge on any atom is -0.480 e. The number of aliphatic carboxylic acids is 1. The molecule has 1 heterocycles. The summed E-state index contributed by atoms with van der Waals surface area (Å²) in [5, 5.41) is 14.2. The number of amides is 4. The maximum atomic E-state index is 12.8. The molecule has 14 heteroatoms. The summed E-state index contributed by atoms with van der Waals surface area (Å²) in [7, 11) is 0. The van der Waals surface area contributed by atoms with Gasteiger partial charge in [0.05, 0.1) is 12.5 Å². The normalized spacial score (nSPS) is 18.2. The molecule has 0 aromatic heterocycles. The summed E-state index contributed by atoms with van der Waals surface area (Å²) in [6.45, 7) is 1.89. The fourth-order valence-corrected chi connectivity index (χ4v) is 3.27. The van der Waals surface area contributed by atoms with Crippen LogP contribution in [0.25, 0.3) is 0 Å². The van der Waals surface area contributed by atoms with Crippen LogP contribution in [0.4, 0.5) is 0 Å². The van der Waals surface area contributed by atoms with Crippen LogP contribution >= 0.6 is 0 Å². The van der Waals surface area contributed by atoms with E-state index < -0.39 is 60.2 Å². The van der Waals surface area contributed by atoms with Crippen molar-refractivity contribution in [3.63, 3.8) is 0 Å². The number of primary amides is 1. The molecular weight excluding hydrogens is 424 g/mol. The van der Waals surface area contributed by atoms with Gasteiger partial charge in [-0.1, -0.05) is 0 Å². The third kappa shape index (κ3) is 8.37. The quantitative estimate of drug-likeness (QED) is 0.0865. The Balaban J connectivity index is 2.82. The average Bonchev–Trinajstić information content (AvgIpc) is 3.18. The molecule has 4 unspecified atom stereocenters. The van der Waals surface area contributed by atoms with Gasteiger partial charge in [0.2, 0.25) is 23.6 Å². The first-order chi connectivity index (χ1) is 14.9. The summed E-state index contributed by atoms with van der Waals surface area (Å²) in [5.74, 6) is -4.01. The van der Waals surface area contributed by atoms with E-state index in [1.807, 2.05) is 0 Å². The number of carbonyl (C=O) groups is 5. The molecule has 0 saturated carbocycles. The second-order valence-corrected chi connectivity index (χ2v) is 7.55. The molecule has 14 nitrogen and oxygen atoms in total. The number of rotatable bonds is 12. The highest BCUT2D eigenvalue weighted by atomic mass is 16.4. The highest BCUT2D eigenvalue weighted by Crippen LogP contribution is 2.18. The van der Waals surface area contributed by atoms with E-state index in [1.54, 1.807) is 0 Å². The van der Waals surface area contributed by atoms with Crippen molar-refractivity contribution in [3.8, 4) is 0 Å². The van der Waals surface area contributed by atoms with Crippen molar-refractivity contribution in [1.82, 2.24) is 15.5 Å². The van der Waals surface area contributed by atoms with Crippen molar-refractivity contribution in [1.29, 1.82) is 0 Å². The molecule has 180 valence electrons. The molecule has 0 spiro atoms. The number of carbonyl (C=O) groups excluding carboxylic acids is 4. The summed E-state index contributed by atoms with van der Waals surface area (Å²) in [5.41, 5.74) is 21.2. The number of nitrogens with one attached hydrogen (secondary N) is 2. The highest BCUT2D eigenvalue weighted by molar-refractivity contribution is 5.95. The number of nitrogens with zero attached hydrogens (tertiary/aromatic N) is 2. The van der Waals surface area contributed by atoms with Crippen molar-refractivity contribution >= 4 is 35.6 Å². The average molecular weight is 457 g/mol. The third-order valence-corrected chi connectivity index (χ3v) is 4.89.